The minimum atomic E-state index is -0.432. The SMILES string of the molecule is CCOc1ccc2c(c1)sc(=NC(=O)c1cc(-c3ccccc3)nc3ccccc13)n2CC(=O)OC. The Morgan fingerprint density at radius 2 is 1.78 bits per heavy atom. The molecule has 0 N–H and O–H groups in total. The highest BCUT2D eigenvalue weighted by molar-refractivity contribution is 7.16. The summed E-state index contributed by atoms with van der Waals surface area (Å²) >= 11 is 1.32. The highest BCUT2D eigenvalue weighted by atomic mass is 32.1. The smallest absolute Gasteiger partial charge is 0.325 e. The van der Waals surface area contributed by atoms with E-state index in [9.17, 15) is 9.59 Å². The molecule has 0 spiro atoms. The number of methoxy groups -OCH3 is 1. The van der Waals surface area contributed by atoms with Crippen LogP contribution in [0.5, 0.6) is 5.75 Å². The van der Waals surface area contributed by atoms with Gasteiger partial charge in [-0.05, 0) is 37.3 Å². The van der Waals surface area contributed by atoms with Crippen molar-refractivity contribution in [1.82, 2.24) is 9.55 Å². The average Bonchev–Trinajstić information content (AvgIpc) is 3.24. The number of hydrogen-bond acceptors (Lipinski definition) is 6. The first-order chi connectivity index (χ1) is 17.6. The third-order valence-electron chi connectivity index (χ3n) is 5.69. The van der Waals surface area contributed by atoms with E-state index in [0.717, 1.165) is 15.8 Å². The summed E-state index contributed by atoms with van der Waals surface area (Å²) in [5.74, 6) is -0.138. The molecule has 0 saturated carbocycles. The largest absolute Gasteiger partial charge is 0.494 e. The molecule has 2 heterocycles. The molecule has 36 heavy (non-hydrogen) atoms. The van der Waals surface area contributed by atoms with Crippen molar-refractivity contribution in [2.45, 2.75) is 13.5 Å². The number of carbonyl (C=O) groups excluding carboxylic acids is 2. The van der Waals surface area contributed by atoms with E-state index in [1.165, 1.54) is 18.4 Å². The summed E-state index contributed by atoms with van der Waals surface area (Å²) in [6, 6.07) is 24.6. The molecule has 3 aromatic carbocycles. The zero-order chi connectivity index (χ0) is 25.1. The number of carbonyl (C=O) groups is 2. The van der Waals surface area contributed by atoms with Crippen molar-refractivity contribution in [2.24, 2.45) is 4.99 Å². The molecule has 0 aliphatic carbocycles. The lowest BCUT2D eigenvalue weighted by Crippen LogP contribution is -2.22. The first-order valence-corrected chi connectivity index (χ1v) is 12.3. The summed E-state index contributed by atoms with van der Waals surface area (Å²) in [4.78, 5) is 35.4. The van der Waals surface area contributed by atoms with Crippen LogP contribution in [0.2, 0.25) is 0 Å². The number of benzene rings is 3. The summed E-state index contributed by atoms with van der Waals surface area (Å²) in [7, 11) is 1.33. The molecule has 1 amide bonds. The first-order valence-electron chi connectivity index (χ1n) is 11.4. The highest BCUT2D eigenvalue weighted by Crippen LogP contribution is 2.26. The minimum Gasteiger partial charge on any atom is -0.494 e. The van der Waals surface area contributed by atoms with E-state index >= 15 is 0 Å². The number of aromatic nitrogens is 2. The van der Waals surface area contributed by atoms with Gasteiger partial charge in [0.25, 0.3) is 5.91 Å². The summed E-state index contributed by atoms with van der Waals surface area (Å²) in [6.45, 7) is 2.38. The molecular weight excluding hydrogens is 474 g/mol. The molecule has 8 heteroatoms. The monoisotopic (exact) mass is 497 g/mol. The van der Waals surface area contributed by atoms with Gasteiger partial charge in [0.1, 0.15) is 12.3 Å². The van der Waals surface area contributed by atoms with Crippen molar-refractivity contribution in [1.29, 1.82) is 0 Å². The van der Waals surface area contributed by atoms with Gasteiger partial charge < -0.3 is 14.0 Å². The van der Waals surface area contributed by atoms with Gasteiger partial charge in [-0.15, -0.1) is 0 Å². The molecule has 5 aromatic rings. The number of ether oxygens (including phenoxy) is 2. The number of hydrogen-bond donors (Lipinski definition) is 0. The van der Waals surface area contributed by atoms with Gasteiger partial charge in [0.2, 0.25) is 0 Å². The van der Waals surface area contributed by atoms with Gasteiger partial charge in [-0.25, -0.2) is 4.98 Å². The molecule has 0 aliphatic heterocycles. The fourth-order valence-corrected chi connectivity index (χ4v) is 5.05. The Kier molecular flexibility index (Phi) is 6.60. The second-order valence-electron chi connectivity index (χ2n) is 7.96. The van der Waals surface area contributed by atoms with E-state index in [-0.39, 0.29) is 6.54 Å². The zero-order valence-corrected chi connectivity index (χ0v) is 20.6. The van der Waals surface area contributed by atoms with E-state index < -0.39 is 11.9 Å². The van der Waals surface area contributed by atoms with Crippen LogP contribution < -0.4 is 9.54 Å². The maximum absolute atomic E-state index is 13.6. The van der Waals surface area contributed by atoms with Gasteiger partial charge in [0, 0.05) is 10.9 Å². The summed E-state index contributed by atoms with van der Waals surface area (Å²) in [5.41, 5.74) is 3.51. The molecule has 0 radical (unpaired) electrons. The normalized spacial score (nSPS) is 11.7. The van der Waals surface area contributed by atoms with Crippen LogP contribution in [0.15, 0.2) is 83.9 Å². The van der Waals surface area contributed by atoms with E-state index in [1.807, 2.05) is 79.7 Å². The molecule has 0 saturated heterocycles. The molecule has 0 bridgehead atoms. The lowest BCUT2D eigenvalue weighted by atomic mass is 10.0. The summed E-state index contributed by atoms with van der Waals surface area (Å²) in [6.07, 6.45) is 0. The third kappa shape index (κ3) is 4.63. The fourth-order valence-electron chi connectivity index (χ4n) is 4.00. The molecule has 0 aliphatic rings. The third-order valence-corrected chi connectivity index (χ3v) is 6.73. The standard InChI is InChI=1S/C28H23N3O4S/c1-3-35-19-13-14-24-25(15-19)36-28(31(24)17-26(32)34-2)30-27(33)21-16-23(18-9-5-4-6-10-18)29-22-12-8-7-11-20(21)22/h4-16H,3,17H2,1-2H3. The number of fused-ring (bicyclic) bond motifs is 2. The number of para-hydroxylation sites is 1. The van der Waals surface area contributed by atoms with Gasteiger partial charge in [-0.3, -0.25) is 9.59 Å². The number of esters is 1. The Balaban J connectivity index is 1.68. The van der Waals surface area contributed by atoms with Crippen molar-refractivity contribution in [3.63, 3.8) is 0 Å². The predicted molar refractivity (Wildman–Crippen MR) is 140 cm³/mol. The van der Waals surface area contributed by atoms with Crippen LogP contribution in [-0.2, 0) is 16.1 Å². The van der Waals surface area contributed by atoms with E-state index in [1.54, 1.807) is 10.6 Å². The van der Waals surface area contributed by atoms with Crippen LogP contribution in [0.3, 0.4) is 0 Å². The lowest BCUT2D eigenvalue weighted by Gasteiger charge is -2.08. The van der Waals surface area contributed by atoms with Crippen LogP contribution in [0.25, 0.3) is 32.4 Å². The zero-order valence-electron chi connectivity index (χ0n) is 19.8. The Labute approximate surface area is 211 Å². The predicted octanol–water partition coefficient (Wildman–Crippen LogP) is 5.23. The fraction of sp³-hybridized carbons (Fsp3) is 0.143. The Bertz CT molecular complexity index is 1650. The topological polar surface area (TPSA) is 82.8 Å². The highest BCUT2D eigenvalue weighted by Gasteiger charge is 2.16. The molecule has 7 nitrogen and oxygen atoms in total. The van der Waals surface area contributed by atoms with Crippen molar-refractivity contribution < 1.29 is 19.1 Å². The van der Waals surface area contributed by atoms with Crippen LogP contribution in [0, 0.1) is 0 Å². The van der Waals surface area contributed by atoms with Gasteiger partial charge in [0.15, 0.2) is 4.80 Å². The maximum atomic E-state index is 13.6. The number of pyridine rings is 1. The van der Waals surface area contributed by atoms with Crippen LogP contribution >= 0.6 is 11.3 Å². The maximum Gasteiger partial charge on any atom is 0.325 e. The number of nitrogens with zero attached hydrogens (tertiary/aromatic N) is 3. The lowest BCUT2D eigenvalue weighted by molar-refractivity contribution is -0.141. The van der Waals surface area contributed by atoms with Crippen LogP contribution in [-0.4, -0.2) is 35.1 Å². The number of rotatable bonds is 6. The Morgan fingerprint density at radius 1 is 1.00 bits per heavy atom. The van der Waals surface area contributed by atoms with Crippen molar-refractivity contribution in [2.75, 3.05) is 13.7 Å². The summed E-state index contributed by atoms with van der Waals surface area (Å²) in [5, 5.41) is 0.713. The molecular formula is C28H23N3O4S. The number of thiazole rings is 1. The Hall–Kier alpha value is -4.30. The second-order valence-corrected chi connectivity index (χ2v) is 8.97. The van der Waals surface area contributed by atoms with Crippen molar-refractivity contribution in [3.8, 4) is 17.0 Å². The quantitative estimate of drug-likeness (QED) is 0.300. The minimum absolute atomic E-state index is 0.0665. The van der Waals surface area contributed by atoms with Crippen LogP contribution in [0.4, 0.5) is 0 Å². The molecule has 5 rings (SSSR count). The van der Waals surface area contributed by atoms with Gasteiger partial charge in [-0.2, -0.15) is 4.99 Å². The van der Waals surface area contributed by atoms with Gasteiger partial charge >= 0.3 is 5.97 Å². The van der Waals surface area contributed by atoms with Gasteiger partial charge in [-0.1, -0.05) is 59.9 Å². The molecule has 0 atom stereocenters. The van der Waals surface area contributed by atoms with Crippen molar-refractivity contribution >= 4 is 44.3 Å². The molecule has 0 unspecified atom stereocenters. The van der Waals surface area contributed by atoms with Crippen LogP contribution in [0.1, 0.15) is 17.3 Å². The molecule has 2 aromatic heterocycles. The molecule has 180 valence electrons. The van der Waals surface area contributed by atoms with E-state index in [2.05, 4.69) is 4.99 Å². The number of amides is 1. The van der Waals surface area contributed by atoms with Crippen molar-refractivity contribution in [3.05, 3.63) is 89.2 Å². The second kappa shape index (κ2) is 10.1. The molecule has 0 fully saturated rings. The summed E-state index contributed by atoms with van der Waals surface area (Å²) < 4.78 is 13.1. The first kappa shape index (κ1) is 23.4. The van der Waals surface area contributed by atoms with E-state index in [0.29, 0.717) is 39.3 Å². The van der Waals surface area contributed by atoms with E-state index in [4.69, 9.17) is 14.5 Å². The van der Waals surface area contributed by atoms with Gasteiger partial charge in [0.05, 0.1) is 40.7 Å². The Morgan fingerprint density at radius 3 is 2.56 bits per heavy atom. The average molecular weight is 498 g/mol.